The van der Waals surface area contributed by atoms with Crippen molar-refractivity contribution in [3.8, 4) is 0 Å². The number of aromatic nitrogens is 4. The number of aryl methyl sites for hydroxylation is 1. The van der Waals surface area contributed by atoms with E-state index in [-0.39, 0.29) is 5.82 Å². The van der Waals surface area contributed by atoms with Gasteiger partial charge >= 0.3 is 0 Å². The molecule has 3 aromatic rings. The number of hydrogen-bond donors (Lipinski definition) is 0. The Morgan fingerprint density at radius 2 is 2.09 bits per heavy atom. The topological polar surface area (TPSA) is 46.8 Å². The van der Waals surface area contributed by atoms with Crippen LogP contribution in [-0.4, -0.2) is 26.3 Å². The lowest BCUT2D eigenvalue weighted by atomic mass is 9.99. The first-order valence-electron chi connectivity index (χ1n) is 6.99. The van der Waals surface area contributed by atoms with Gasteiger partial charge in [0.1, 0.15) is 22.6 Å². The van der Waals surface area contributed by atoms with Crippen LogP contribution in [0, 0.1) is 5.82 Å². The van der Waals surface area contributed by atoms with E-state index >= 15 is 0 Å². The van der Waals surface area contributed by atoms with Crippen molar-refractivity contribution in [1.29, 1.82) is 0 Å². The van der Waals surface area contributed by atoms with Crippen LogP contribution < -0.4 is 4.90 Å². The van der Waals surface area contributed by atoms with E-state index in [0.29, 0.717) is 6.54 Å². The Bertz CT molecular complexity index is 876. The predicted octanol–water partition coefficient (Wildman–Crippen LogP) is 2.83. The van der Waals surface area contributed by atoms with Gasteiger partial charge in [-0.2, -0.15) is 5.10 Å². The molecule has 1 aromatic carbocycles. The summed E-state index contributed by atoms with van der Waals surface area (Å²) in [7, 11) is 1.86. The van der Waals surface area contributed by atoms with Gasteiger partial charge in [-0.1, -0.05) is 6.07 Å². The molecule has 1 aliphatic heterocycles. The zero-order valence-corrected chi connectivity index (χ0v) is 13.5. The Morgan fingerprint density at radius 3 is 2.95 bits per heavy atom. The molecule has 5 nitrogen and oxygen atoms in total. The first-order valence-corrected chi connectivity index (χ1v) is 7.78. The predicted molar refractivity (Wildman–Crippen MR) is 85.2 cm³/mol. The zero-order valence-electron chi connectivity index (χ0n) is 11.9. The molecule has 0 unspecified atom stereocenters. The molecule has 0 amide bonds. The molecule has 22 heavy (non-hydrogen) atoms. The SMILES string of the molecule is Cn1nc(Br)c2c(N3CCc4cc(F)ccc4C3)ncnc21. The van der Waals surface area contributed by atoms with E-state index in [4.69, 9.17) is 0 Å². The fourth-order valence-corrected chi connectivity index (χ4v) is 3.56. The second kappa shape index (κ2) is 5.01. The minimum Gasteiger partial charge on any atom is -0.351 e. The molecule has 1 aliphatic rings. The Morgan fingerprint density at radius 1 is 1.23 bits per heavy atom. The summed E-state index contributed by atoms with van der Waals surface area (Å²) in [5.74, 6) is 0.687. The highest BCUT2D eigenvalue weighted by Crippen LogP contribution is 2.32. The van der Waals surface area contributed by atoms with Crippen LogP contribution in [0.4, 0.5) is 10.2 Å². The average molecular weight is 362 g/mol. The largest absolute Gasteiger partial charge is 0.351 e. The molecule has 0 saturated heterocycles. The number of rotatable bonds is 1. The number of anilines is 1. The highest BCUT2D eigenvalue weighted by molar-refractivity contribution is 9.10. The number of nitrogens with zero attached hydrogens (tertiary/aromatic N) is 5. The first-order chi connectivity index (χ1) is 10.6. The van der Waals surface area contributed by atoms with E-state index in [1.807, 2.05) is 13.1 Å². The second-order valence-corrected chi connectivity index (χ2v) is 6.15. The third-order valence-corrected chi connectivity index (χ3v) is 4.59. The quantitative estimate of drug-likeness (QED) is 0.668. The Balaban J connectivity index is 1.79. The standard InChI is InChI=1S/C15H13BrFN5/c1-21-14-12(13(16)20-21)15(19-8-18-14)22-5-4-9-6-11(17)3-2-10(9)7-22/h2-3,6,8H,4-5,7H2,1H3. The normalized spacial score (nSPS) is 14.4. The third kappa shape index (κ3) is 2.08. The summed E-state index contributed by atoms with van der Waals surface area (Å²) < 4.78 is 15.8. The molecule has 7 heteroatoms. The molecular formula is C15H13BrFN5. The van der Waals surface area contributed by atoms with Gasteiger partial charge in [-0.25, -0.2) is 19.0 Å². The molecule has 0 aliphatic carbocycles. The van der Waals surface area contributed by atoms with Crippen LogP contribution in [0.3, 0.4) is 0 Å². The van der Waals surface area contributed by atoms with Crippen LogP contribution in [0.15, 0.2) is 29.1 Å². The van der Waals surface area contributed by atoms with E-state index < -0.39 is 0 Å². The van der Waals surface area contributed by atoms with Gasteiger partial charge in [-0.05, 0) is 45.6 Å². The van der Waals surface area contributed by atoms with Gasteiger partial charge in [0.25, 0.3) is 0 Å². The molecule has 2 aromatic heterocycles. The van der Waals surface area contributed by atoms with E-state index in [1.165, 1.54) is 6.07 Å². The lowest BCUT2D eigenvalue weighted by molar-refractivity contribution is 0.619. The van der Waals surface area contributed by atoms with Gasteiger partial charge in [0.05, 0.1) is 5.39 Å². The van der Waals surface area contributed by atoms with Gasteiger partial charge in [0, 0.05) is 20.1 Å². The van der Waals surface area contributed by atoms with Crippen molar-refractivity contribution < 1.29 is 4.39 Å². The molecule has 0 fully saturated rings. The summed E-state index contributed by atoms with van der Waals surface area (Å²) in [6, 6.07) is 4.99. The maximum absolute atomic E-state index is 13.3. The molecule has 0 bridgehead atoms. The molecule has 0 spiro atoms. The zero-order chi connectivity index (χ0) is 15.3. The molecular weight excluding hydrogens is 349 g/mol. The smallest absolute Gasteiger partial charge is 0.164 e. The first kappa shape index (κ1) is 13.6. The summed E-state index contributed by atoms with van der Waals surface area (Å²) in [6.07, 6.45) is 2.36. The Kier molecular flexibility index (Phi) is 3.11. The summed E-state index contributed by atoms with van der Waals surface area (Å²) in [5, 5.41) is 5.27. The highest BCUT2D eigenvalue weighted by Gasteiger charge is 2.22. The summed E-state index contributed by atoms with van der Waals surface area (Å²) in [5.41, 5.74) is 3.01. The fourth-order valence-electron chi connectivity index (χ4n) is 2.97. The monoisotopic (exact) mass is 361 g/mol. The average Bonchev–Trinajstić information content (AvgIpc) is 2.82. The van der Waals surface area contributed by atoms with Gasteiger partial charge in [-0.3, -0.25) is 0 Å². The molecule has 4 rings (SSSR count). The summed E-state index contributed by atoms with van der Waals surface area (Å²) in [6.45, 7) is 1.51. The number of halogens is 2. The van der Waals surface area contributed by atoms with E-state index in [2.05, 4.69) is 35.9 Å². The second-order valence-electron chi connectivity index (χ2n) is 5.39. The van der Waals surface area contributed by atoms with Crippen LogP contribution in [0.25, 0.3) is 11.0 Å². The minimum atomic E-state index is -0.174. The number of fused-ring (bicyclic) bond motifs is 2. The Labute approximate surface area is 134 Å². The van der Waals surface area contributed by atoms with E-state index in [9.17, 15) is 4.39 Å². The maximum Gasteiger partial charge on any atom is 0.164 e. The Hall–Kier alpha value is -2.02. The van der Waals surface area contributed by atoms with Crippen molar-refractivity contribution in [2.24, 2.45) is 7.05 Å². The highest BCUT2D eigenvalue weighted by atomic mass is 79.9. The molecule has 0 radical (unpaired) electrons. The maximum atomic E-state index is 13.3. The van der Waals surface area contributed by atoms with Gasteiger partial charge in [0.15, 0.2) is 5.65 Å². The van der Waals surface area contributed by atoms with Crippen molar-refractivity contribution >= 4 is 32.8 Å². The van der Waals surface area contributed by atoms with E-state index in [0.717, 1.165) is 45.5 Å². The van der Waals surface area contributed by atoms with Crippen molar-refractivity contribution in [2.45, 2.75) is 13.0 Å². The van der Waals surface area contributed by atoms with Crippen molar-refractivity contribution in [3.05, 3.63) is 46.1 Å². The molecule has 0 N–H and O–H groups in total. The van der Waals surface area contributed by atoms with Crippen LogP contribution in [-0.2, 0) is 20.0 Å². The number of hydrogen-bond acceptors (Lipinski definition) is 4. The van der Waals surface area contributed by atoms with Crippen molar-refractivity contribution in [2.75, 3.05) is 11.4 Å². The summed E-state index contributed by atoms with van der Waals surface area (Å²) >= 11 is 3.49. The van der Waals surface area contributed by atoms with Gasteiger partial charge in [0.2, 0.25) is 0 Å². The third-order valence-electron chi connectivity index (χ3n) is 4.04. The van der Waals surface area contributed by atoms with Crippen LogP contribution >= 0.6 is 15.9 Å². The molecule has 0 saturated carbocycles. The van der Waals surface area contributed by atoms with Crippen molar-refractivity contribution in [1.82, 2.24) is 19.7 Å². The lowest BCUT2D eigenvalue weighted by Gasteiger charge is -2.30. The van der Waals surface area contributed by atoms with E-state index in [1.54, 1.807) is 17.1 Å². The molecule has 0 atom stereocenters. The molecule has 3 heterocycles. The lowest BCUT2D eigenvalue weighted by Crippen LogP contribution is -2.31. The van der Waals surface area contributed by atoms with Crippen LogP contribution in [0.5, 0.6) is 0 Å². The molecule has 112 valence electrons. The number of benzene rings is 1. The van der Waals surface area contributed by atoms with Gasteiger partial charge in [-0.15, -0.1) is 0 Å². The van der Waals surface area contributed by atoms with Crippen molar-refractivity contribution in [3.63, 3.8) is 0 Å². The summed E-state index contributed by atoms with van der Waals surface area (Å²) in [4.78, 5) is 10.9. The fraction of sp³-hybridized carbons (Fsp3) is 0.267. The minimum absolute atomic E-state index is 0.174. The van der Waals surface area contributed by atoms with Crippen LogP contribution in [0.2, 0.25) is 0 Å². The van der Waals surface area contributed by atoms with Crippen LogP contribution in [0.1, 0.15) is 11.1 Å². The van der Waals surface area contributed by atoms with Gasteiger partial charge < -0.3 is 4.90 Å².